The van der Waals surface area contributed by atoms with Crippen LogP contribution in [0.1, 0.15) is 23.2 Å². The first-order valence-electron chi connectivity index (χ1n) is 8.05. The van der Waals surface area contributed by atoms with Crippen molar-refractivity contribution in [3.05, 3.63) is 53.1 Å². The molecule has 1 aromatic carbocycles. The number of nitrogens with zero attached hydrogens (tertiary/aromatic N) is 2. The molecule has 1 fully saturated rings. The van der Waals surface area contributed by atoms with Gasteiger partial charge in [-0.05, 0) is 24.6 Å². The summed E-state index contributed by atoms with van der Waals surface area (Å²) in [6.07, 6.45) is 4.13. The van der Waals surface area contributed by atoms with Gasteiger partial charge in [-0.1, -0.05) is 18.2 Å². The Morgan fingerprint density at radius 2 is 2.26 bits per heavy atom. The van der Waals surface area contributed by atoms with E-state index in [0.29, 0.717) is 6.61 Å². The molecule has 0 saturated carbocycles. The van der Waals surface area contributed by atoms with Crippen LogP contribution < -0.4 is 4.74 Å². The van der Waals surface area contributed by atoms with Crippen LogP contribution in [0.2, 0.25) is 0 Å². The number of hydrogen-bond donors (Lipinski definition) is 1. The van der Waals surface area contributed by atoms with Gasteiger partial charge in [-0.3, -0.25) is 4.90 Å². The van der Waals surface area contributed by atoms with Crippen LogP contribution in [0.3, 0.4) is 0 Å². The van der Waals surface area contributed by atoms with Gasteiger partial charge in [0, 0.05) is 37.1 Å². The molecule has 2 aliphatic heterocycles. The quantitative estimate of drug-likeness (QED) is 0.946. The zero-order valence-electron chi connectivity index (χ0n) is 13.3. The van der Waals surface area contributed by atoms with Crippen molar-refractivity contribution in [2.24, 2.45) is 0 Å². The fourth-order valence-electron chi connectivity index (χ4n) is 3.15. The third kappa shape index (κ3) is 3.16. The number of ether oxygens (including phenoxy) is 2. The van der Waals surface area contributed by atoms with Crippen LogP contribution >= 0.6 is 0 Å². The monoisotopic (exact) mass is 311 g/mol. The molecular formula is C18H21N3O2. The largest absolute Gasteiger partial charge is 0.489 e. The number of morpholine rings is 1. The van der Waals surface area contributed by atoms with E-state index < -0.39 is 0 Å². The Balaban J connectivity index is 1.44. The predicted molar refractivity (Wildman–Crippen MR) is 88.4 cm³/mol. The van der Waals surface area contributed by atoms with E-state index in [1.807, 2.05) is 31.3 Å². The summed E-state index contributed by atoms with van der Waals surface area (Å²) in [6, 6.07) is 8.18. The van der Waals surface area contributed by atoms with Crippen molar-refractivity contribution in [3.8, 4) is 5.75 Å². The molecule has 0 aliphatic carbocycles. The predicted octanol–water partition coefficient (Wildman–Crippen LogP) is 2.57. The number of fused-ring (bicyclic) bond motifs is 1. The van der Waals surface area contributed by atoms with Crippen LogP contribution in [0.15, 0.2) is 36.0 Å². The second-order valence-corrected chi connectivity index (χ2v) is 6.18. The van der Waals surface area contributed by atoms with E-state index in [4.69, 9.17) is 9.47 Å². The topological polar surface area (TPSA) is 50.4 Å². The molecule has 0 unspecified atom stereocenters. The molecule has 5 nitrogen and oxygen atoms in total. The van der Waals surface area contributed by atoms with E-state index in [9.17, 15) is 0 Å². The molecule has 1 N–H and O–H groups in total. The summed E-state index contributed by atoms with van der Waals surface area (Å²) in [6.45, 7) is 6.11. The first kappa shape index (κ1) is 14.5. The van der Waals surface area contributed by atoms with E-state index in [2.05, 4.69) is 27.0 Å². The number of H-pyrrole nitrogens is 1. The molecule has 3 heterocycles. The fraction of sp³-hybridized carbons (Fsp3) is 0.389. The number of hydrogen-bond acceptors (Lipinski definition) is 4. The standard InChI is InChI=1S/C18H21N3O2/c1-13-9-19-18(20-13)17-11-21(6-7-22-17)10-14-8-15-4-2-3-5-16(15)23-12-14/h2-5,8-9,17H,6-7,10-12H2,1H3,(H,19,20)/t17-/m1/s1. The Hall–Kier alpha value is -2.11. The van der Waals surface area contributed by atoms with Crippen molar-refractivity contribution in [1.82, 2.24) is 14.9 Å². The molecule has 1 saturated heterocycles. The molecule has 1 aromatic heterocycles. The van der Waals surface area contributed by atoms with Crippen molar-refractivity contribution in [2.45, 2.75) is 13.0 Å². The highest BCUT2D eigenvalue weighted by Crippen LogP contribution is 2.27. The summed E-state index contributed by atoms with van der Waals surface area (Å²) in [5, 5.41) is 0. The van der Waals surface area contributed by atoms with E-state index in [1.165, 1.54) is 11.1 Å². The van der Waals surface area contributed by atoms with Gasteiger partial charge in [0.1, 0.15) is 24.3 Å². The lowest BCUT2D eigenvalue weighted by atomic mass is 10.1. The Kier molecular flexibility index (Phi) is 3.89. The van der Waals surface area contributed by atoms with Crippen molar-refractivity contribution < 1.29 is 9.47 Å². The van der Waals surface area contributed by atoms with Crippen LogP contribution in [0.4, 0.5) is 0 Å². The van der Waals surface area contributed by atoms with E-state index in [1.54, 1.807) is 0 Å². The van der Waals surface area contributed by atoms with Gasteiger partial charge >= 0.3 is 0 Å². The minimum Gasteiger partial charge on any atom is -0.489 e. The smallest absolute Gasteiger partial charge is 0.136 e. The number of nitrogens with one attached hydrogen (secondary N) is 1. The SMILES string of the molecule is Cc1cnc([C@H]2CN(CC3=Cc4ccccc4OC3)CCO2)[nH]1. The van der Waals surface area contributed by atoms with Crippen LogP contribution in [-0.2, 0) is 4.74 Å². The third-order valence-corrected chi connectivity index (χ3v) is 4.30. The van der Waals surface area contributed by atoms with E-state index >= 15 is 0 Å². The Labute approximate surface area is 135 Å². The normalized spacial score (nSPS) is 21.4. The van der Waals surface area contributed by atoms with Gasteiger partial charge in [-0.2, -0.15) is 0 Å². The van der Waals surface area contributed by atoms with Crippen molar-refractivity contribution in [1.29, 1.82) is 0 Å². The average Bonchev–Trinajstić information content (AvgIpc) is 3.02. The molecule has 2 aromatic rings. The molecule has 0 amide bonds. The number of rotatable bonds is 3. The second-order valence-electron chi connectivity index (χ2n) is 6.18. The highest BCUT2D eigenvalue weighted by molar-refractivity contribution is 5.62. The molecule has 0 radical (unpaired) electrons. The van der Waals surface area contributed by atoms with Crippen molar-refractivity contribution in [2.75, 3.05) is 32.8 Å². The molecule has 5 heteroatoms. The molecular weight excluding hydrogens is 290 g/mol. The molecule has 1 atom stereocenters. The maximum atomic E-state index is 5.87. The first-order valence-corrected chi connectivity index (χ1v) is 8.05. The van der Waals surface area contributed by atoms with Gasteiger partial charge in [0.2, 0.25) is 0 Å². The van der Waals surface area contributed by atoms with Gasteiger partial charge in [0.25, 0.3) is 0 Å². The highest BCUT2D eigenvalue weighted by Gasteiger charge is 2.25. The third-order valence-electron chi connectivity index (χ3n) is 4.30. The van der Waals surface area contributed by atoms with Gasteiger partial charge in [-0.15, -0.1) is 0 Å². The minimum atomic E-state index is 0.0230. The lowest BCUT2D eigenvalue weighted by Gasteiger charge is -2.33. The number of aromatic nitrogens is 2. The number of imidazole rings is 1. The van der Waals surface area contributed by atoms with E-state index in [0.717, 1.165) is 43.5 Å². The highest BCUT2D eigenvalue weighted by atomic mass is 16.5. The second kappa shape index (κ2) is 6.18. The van der Waals surface area contributed by atoms with Gasteiger partial charge in [-0.25, -0.2) is 4.98 Å². The minimum absolute atomic E-state index is 0.0230. The molecule has 0 spiro atoms. The maximum Gasteiger partial charge on any atom is 0.136 e. The van der Waals surface area contributed by atoms with Crippen LogP contribution in [0, 0.1) is 6.92 Å². The Morgan fingerprint density at radius 3 is 3.13 bits per heavy atom. The zero-order valence-corrected chi connectivity index (χ0v) is 13.3. The maximum absolute atomic E-state index is 5.87. The Bertz CT molecular complexity index is 723. The summed E-state index contributed by atoms with van der Waals surface area (Å²) in [5.74, 6) is 1.90. The number of para-hydroxylation sites is 1. The van der Waals surface area contributed by atoms with Crippen LogP contribution in [-0.4, -0.2) is 47.7 Å². The molecule has 0 bridgehead atoms. The van der Waals surface area contributed by atoms with E-state index in [-0.39, 0.29) is 6.10 Å². The van der Waals surface area contributed by atoms with Gasteiger partial charge in [0.15, 0.2) is 0 Å². The van der Waals surface area contributed by atoms with Crippen LogP contribution in [0.5, 0.6) is 5.75 Å². The molecule has 2 aliphatic rings. The summed E-state index contributed by atoms with van der Waals surface area (Å²) < 4.78 is 11.7. The van der Waals surface area contributed by atoms with Crippen LogP contribution in [0.25, 0.3) is 6.08 Å². The van der Waals surface area contributed by atoms with Gasteiger partial charge in [0.05, 0.1) is 6.61 Å². The molecule has 4 rings (SSSR count). The lowest BCUT2D eigenvalue weighted by molar-refractivity contribution is -0.0313. The Morgan fingerprint density at radius 1 is 1.35 bits per heavy atom. The fourth-order valence-corrected chi connectivity index (χ4v) is 3.15. The summed E-state index contributed by atoms with van der Waals surface area (Å²) >= 11 is 0. The van der Waals surface area contributed by atoms with Crippen molar-refractivity contribution >= 4 is 6.08 Å². The average molecular weight is 311 g/mol. The molecule has 23 heavy (non-hydrogen) atoms. The van der Waals surface area contributed by atoms with Crippen molar-refractivity contribution in [3.63, 3.8) is 0 Å². The van der Waals surface area contributed by atoms with Gasteiger partial charge < -0.3 is 14.5 Å². The summed E-state index contributed by atoms with van der Waals surface area (Å²) in [5.41, 5.74) is 3.54. The lowest BCUT2D eigenvalue weighted by Crippen LogP contribution is -2.40. The summed E-state index contributed by atoms with van der Waals surface area (Å²) in [7, 11) is 0. The number of aryl methyl sites for hydroxylation is 1. The molecule has 120 valence electrons. The summed E-state index contributed by atoms with van der Waals surface area (Å²) in [4.78, 5) is 10.1. The first-order chi connectivity index (χ1) is 11.3. The number of benzene rings is 1. The number of aromatic amines is 1. The zero-order chi connectivity index (χ0) is 15.6.